The fraction of sp³-hybridized carbons (Fsp3) is 0.261. The molecule has 0 saturated heterocycles. The summed E-state index contributed by atoms with van der Waals surface area (Å²) in [5.74, 6) is 9.83. The lowest BCUT2D eigenvalue weighted by Gasteiger charge is -2.02. The van der Waals surface area contributed by atoms with Crippen LogP contribution in [0.15, 0.2) is 36.4 Å². The Hall–Kier alpha value is -3.09. The van der Waals surface area contributed by atoms with Crippen molar-refractivity contribution in [3.63, 3.8) is 0 Å². The number of halogens is 2. The van der Waals surface area contributed by atoms with Gasteiger partial charge in [0.1, 0.15) is 11.6 Å². The molecule has 2 aromatic carbocycles. The third-order valence-electron chi connectivity index (χ3n) is 3.80. The minimum atomic E-state index is -0.506. The van der Waals surface area contributed by atoms with E-state index in [9.17, 15) is 8.78 Å². The van der Waals surface area contributed by atoms with Crippen LogP contribution in [0.1, 0.15) is 54.9 Å². The molecule has 2 rings (SSSR count). The summed E-state index contributed by atoms with van der Waals surface area (Å²) in [6.45, 7) is 2.13. The van der Waals surface area contributed by atoms with Gasteiger partial charge in [0.2, 0.25) is 0 Å². The number of aryl methyl sites for hydroxylation is 1. The van der Waals surface area contributed by atoms with Gasteiger partial charge in [0.15, 0.2) is 0 Å². The van der Waals surface area contributed by atoms with Gasteiger partial charge in [-0.1, -0.05) is 49.5 Å². The first kappa shape index (κ1) is 19.2. The van der Waals surface area contributed by atoms with E-state index >= 15 is 0 Å². The molecule has 0 atom stereocenters. The second-order valence-electron chi connectivity index (χ2n) is 5.85. The molecule has 0 saturated carbocycles. The molecule has 0 aliphatic carbocycles. The molecule has 3 heteroatoms. The Bertz CT molecular complexity index is 931. The molecule has 0 N–H and O–H groups in total. The first-order valence-corrected chi connectivity index (χ1v) is 8.60. The SMILES string of the molecule is CCCCCc1ccc(C#Cc2ccc(C#CCC#N)c(F)c2)c(F)c1. The van der Waals surface area contributed by atoms with Crippen LogP contribution in [-0.4, -0.2) is 0 Å². The van der Waals surface area contributed by atoms with Gasteiger partial charge in [0, 0.05) is 5.56 Å². The monoisotopic (exact) mass is 347 g/mol. The van der Waals surface area contributed by atoms with Crippen LogP contribution in [0.2, 0.25) is 0 Å². The summed E-state index contributed by atoms with van der Waals surface area (Å²) in [5, 5.41) is 8.43. The van der Waals surface area contributed by atoms with Crippen molar-refractivity contribution in [2.24, 2.45) is 0 Å². The smallest absolute Gasteiger partial charge is 0.140 e. The first-order valence-electron chi connectivity index (χ1n) is 8.60. The molecule has 0 amide bonds. The van der Waals surface area contributed by atoms with E-state index in [1.807, 2.05) is 12.1 Å². The quantitative estimate of drug-likeness (QED) is 0.539. The van der Waals surface area contributed by atoms with Gasteiger partial charge in [0.05, 0.1) is 23.6 Å². The van der Waals surface area contributed by atoms with E-state index in [0.29, 0.717) is 11.1 Å². The van der Waals surface area contributed by atoms with Crippen molar-refractivity contribution in [2.45, 2.75) is 39.0 Å². The van der Waals surface area contributed by atoms with Crippen molar-refractivity contribution < 1.29 is 8.78 Å². The van der Waals surface area contributed by atoms with Crippen LogP contribution in [0.4, 0.5) is 8.78 Å². The molecule has 0 radical (unpaired) electrons. The molecule has 130 valence electrons. The Morgan fingerprint density at radius 2 is 1.62 bits per heavy atom. The van der Waals surface area contributed by atoms with Gasteiger partial charge in [-0.05, 0) is 48.7 Å². The van der Waals surface area contributed by atoms with Crippen molar-refractivity contribution in [2.75, 3.05) is 0 Å². The van der Waals surface area contributed by atoms with E-state index < -0.39 is 5.82 Å². The summed E-state index contributed by atoms with van der Waals surface area (Å²) in [4.78, 5) is 0. The summed E-state index contributed by atoms with van der Waals surface area (Å²) in [6.07, 6.45) is 4.22. The van der Waals surface area contributed by atoms with Crippen molar-refractivity contribution in [3.8, 4) is 29.8 Å². The van der Waals surface area contributed by atoms with E-state index in [4.69, 9.17) is 5.26 Å². The molecule has 26 heavy (non-hydrogen) atoms. The average Bonchev–Trinajstić information content (AvgIpc) is 2.63. The Morgan fingerprint density at radius 3 is 2.31 bits per heavy atom. The number of rotatable bonds is 4. The third-order valence-corrected chi connectivity index (χ3v) is 3.80. The molecule has 0 fully saturated rings. The van der Waals surface area contributed by atoms with E-state index in [0.717, 1.165) is 31.2 Å². The Kier molecular flexibility index (Phi) is 7.42. The molecular formula is C23H19F2N. The Labute approximate surface area is 153 Å². The minimum absolute atomic E-state index is 0.0503. The Morgan fingerprint density at radius 1 is 0.885 bits per heavy atom. The van der Waals surface area contributed by atoms with Gasteiger partial charge >= 0.3 is 0 Å². The molecule has 0 aliphatic heterocycles. The molecule has 2 aromatic rings. The number of nitrogens with zero attached hydrogens (tertiary/aromatic N) is 1. The largest absolute Gasteiger partial charge is 0.206 e. The van der Waals surface area contributed by atoms with Crippen LogP contribution in [0.25, 0.3) is 0 Å². The molecule has 1 nitrogen and oxygen atoms in total. The highest BCUT2D eigenvalue weighted by molar-refractivity contribution is 5.47. The maximum Gasteiger partial charge on any atom is 0.140 e. The zero-order valence-corrected chi connectivity index (χ0v) is 14.7. The minimum Gasteiger partial charge on any atom is -0.206 e. The summed E-state index contributed by atoms with van der Waals surface area (Å²) in [5.41, 5.74) is 1.92. The second-order valence-corrected chi connectivity index (χ2v) is 5.85. The maximum atomic E-state index is 14.2. The van der Waals surface area contributed by atoms with Gasteiger partial charge in [0.25, 0.3) is 0 Å². The summed E-state index contributed by atoms with van der Waals surface area (Å²) >= 11 is 0. The first-order chi connectivity index (χ1) is 12.6. The number of unbranched alkanes of at least 4 members (excludes halogenated alkanes) is 2. The number of benzene rings is 2. The lowest BCUT2D eigenvalue weighted by molar-refractivity contribution is 0.619. The molecule has 0 spiro atoms. The second kappa shape index (κ2) is 10.0. The molecular weight excluding hydrogens is 328 g/mol. The normalized spacial score (nSPS) is 9.46. The van der Waals surface area contributed by atoms with Crippen LogP contribution in [0.3, 0.4) is 0 Å². The number of hydrogen-bond acceptors (Lipinski definition) is 1. The zero-order valence-electron chi connectivity index (χ0n) is 14.7. The lowest BCUT2D eigenvalue weighted by Crippen LogP contribution is -1.90. The lowest BCUT2D eigenvalue weighted by atomic mass is 10.0. The van der Waals surface area contributed by atoms with Crippen molar-refractivity contribution in [3.05, 3.63) is 70.3 Å². The van der Waals surface area contributed by atoms with Gasteiger partial charge < -0.3 is 0 Å². The number of hydrogen-bond donors (Lipinski definition) is 0. The molecule has 0 aromatic heterocycles. The van der Waals surface area contributed by atoms with E-state index in [2.05, 4.69) is 30.6 Å². The van der Waals surface area contributed by atoms with Crippen molar-refractivity contribution >= 4 is 0 Å². The summed E-state index contributed by atoms with van der Waals surface area (Å²) in [6, 6.07) is 11.4. The molecule has 0 unspecified atom stereocenters. The standard InChI is InChI=1S/C23H19F2N/c1-2-3-4-7-18-9-13-21(23(25)16-18)14-11-19-10-12-20(22(24)17-19)8-5-6-15-26/h9-10,12-13,16-17H,2-4,6-7H2,1H3. The highest BCUT2D eigenvalue weighted by Crippen LogP contribution is 2.13. The van der Waals surface area contributed by atoms with Crippen LogP contribution >= 0.6 is 0 Å². The fourth-order valence-electron chi connectivity index (χ4n) is 2.41. The predicted octanol–water partition coefficient (Wildman–Crippen LogP) is 5.36. The van der Waals surface area contributed by atoms with Gasteiger partial charge in [-0.15, -0.1) is 0 Å². The highest BCUT2D eigenvalue weighted by Gasteiger charge is 2.03. The van der Waals surface area contributed by atoms with E-state index in [1.165, 1.54) is 18.2 Å². The average molecular weight is 347 g/mol. The van der Waals surface area contributed by atoms with E-state index in [-0.39, 0.29) is 17.8 Å². The molecule has 0 aliphatic rings. The van der Waals surface area contributed by atoms with Gasteiger partial charge in [-0.2, -0.15) is 5.26 Å². The van der Waals surface area contributed by atoms with Crippen LogP contribution in [0, 0.1) is 46.6 Å². The fourth-order valence-corrected chi connectivity index (χ4v) is 2.41. The van der Waals surface area contributed by atoms with E-state index in [1.54, 1.807) is 12.1 Å². The third kappa shape index (κ3) is 5.77. The summed E-state index contributed by atoms with van der Waals surface area (Å²) < 4.78 is 28.1. The van der Waals surface area contributed by atoms with Crippen molar-refractivity contribution in [1.29, 1.82) is 5.26 Å². The zero-order chi connectivity index (χ0) is 18.8. The van der Waals surface area contributed by atoms with Gasteiger partial charge in [-0.25, -0.2) is 8.78 Å². The van der Waals surface area contributed by atoms with Crippen molar-refractivity contribution in [1.82, 2.24) is 0 Å². The van der Waals surface area contributed by atoms with Crippen LogP contribution < -0.4 is 0 Å². The topological polar surface area (TPSA) is 23.8 Å². The molecule has 0 heterocycles. The van der Waals surface area contributed by atoms with Gasteiger partial charge in [-0.3, -0.25) is 0 Å². The van der Waals surface area contributed by atoms with Crippen LogP contribution in [0.5, 0.6) is 0 Å². The summed E-state index contributed by atoms with van der Waals surface area (Å²) in [7, 11) is 0. The Balaban J connectivity index is 2.13. The van der Waals surface area contributed by atoms with Crippen LogP contribution in [-0.2, 0) is 6.42 Å². The number of nitriles is 1. The molecule has 0 bridgehead atoms. The highest BCUT2D eigenvalue weighted by atomic mass is 19.1. The maximum absolute atomic E-state index is 14.2. The predicted molar refractivity (Wildman–Crippen MR) is 99.1 cm³/mol.